The summed E-state index contributed by atoms with van der Waals surface area (Å²) in [4.78, 5) is 19.3. The predicted octanol–water partition coefficient (Wildman–Crippen LogP) is 1.87. The Morgan fingerprint density at radius 2 is 2.07 bits per heavy atom. The Morgan fingerprint density at radius 1 is 1.37 bits per heavy atom. The average molecular weight is 391 g/mol. The third-order valence-electron chi connectivity index (χ3n) is 4.84. The van der Waals surface area contributed by atoms with Crippen LogP contribution in [0.15, 0.2) is 29.4 Å². The lowest BCUT2D eigenvalue weighted by atomic mass is 9.97. The highest BCUT2D eigenvalue weighted by atomic mass is 32.2. The molecule has 1 atom stereocenters. The van der Waals surface area contributed by atoms with Crippen LogP contribution in [-0.2, 0) is 17.1 Å². The van der Waals surface area contributed by atoms with Crippen LogP contribution in [0.5, 0.6) is 0 Å². The largest absolute Gasteiger partial charge is 0.351 e. The van der Waals surface area contributed by atoms with Gasteiger partial charge in [-0.15, -0.1) is 0 Å². The maximum absolute atomic E-state index is 12.8. The number of nitrogens with zero attached hydrogens (tertiary/aromatic N) is 4. The first kappa shape index (κ1) is 19.3. The highest BCUT2D eigenvalue weighted by molar-refractivity contribution is 7.90. The highest BCUT2D eigenvalue weighted by Gasteiger charge is 2.39. The molecule has 0 spiro atoms. The van der Waals surface area contributed by atoms with Crippen molar-refractivity contribution in [1.82, 2.24) is 19.5 Å². The topological polar surface area (TPSA) is 97.2 Å². The van der Waals surface area contributed by atoms with Crippen molar-refractivity contribution in [1.29, 1.82) is 0 Å². The van der Waals surface area contributed by atoms with Gasteiger partial charge in [0.15, 0.2) is 0 Å². The maximum Gasteiger partial charge on any atom is 0.268 e. The standard InChI is InChI=1S/C18H25N5O3S/c1-12-9-18(3,4)23(10-12)16-14(7-6-8-19-16)17(24)21-27(25,26)15-11-22(5)20-13(15)2/h6-8,11-12H,9-10H2,1-5H3,(H,21,24)/t12-/m0/s1. The second-order valence-electron chi connectivity index (χ2n) is 7.79. The van der Waals surface area contributed by atoms with Gasteiger partial charge in [0.1, 0.15) is 10.7 Å². The third-order valence-corrected chi connectivity index (χ3v) is 6.28. The number of aromatic nitrogens is 3. The molecule has 3 rings (SSSR count). The molecule has 2 aromatic heterocycles. The zero-order valence-corrected chi connectivity index (χ0v) is 17.0. The van der Waals surface area contributed by atoms with Crippen molar-refractivity contribution in [2.75, 3.05) is 11.4 Å². The Balaban J connectivity index is 1.94. The van der Waals surface area contributed by atoms with E-state index in [-0.39, 0.29) is 16.0 Å². The Kier molecular flexibility index (Phi) is 4.75. The van der Waals surface area contributed by atoms with E-state index >= 15 is 0 Å². The van der Waals surface area contributed by atoms with Crippen LogP contribution in [0.3, 0.4) is 0 Å². The summed E-state index contributed by atoms with van der Waals surface area (Å²) in [5.41, 5.74) is 0.408. The molecule has 1 amide bonds. The average Bonchev–Trinajstić information content (AvgIpc) is 3.04. The molecule has 0 unspecified atom stereocenters. The lowest BCUT2D eigenvalue weighted by molar-refractivity contribution is 0.0981. The second kappa shape index (κ2) is 6.63. The van der Waals surface area contributed by atoms with Gasteiger partial charge in [0.05, 0.1) is 11.3 Å². The number of nitrogens with one attached hydrogen (secondary N) is 1. The van der Waals surface area contributed by atoms with Gasteiger partial charge in [-0.1, -0.05) is 6.92 Å². The molecule has 9 heteroatoms. The number of carbonyl (C=O) groups is 1. The van der Waals surface area contributed by atoms with Crippen LogP contribution in [0.4, 0.5) is 5.82 Å². The fourth-order valence-electron chi connectivity index (χ4n) is 3.82. The predicted molar refractivity (Wildman–Crippen MR) is 102 cm³/mol. The van der Waals surface area contributed by atoms with E-state index in [1.807, 2.05) is 0 Å². The first-order valence-corrected chi connectivity index (χ1v) is 10.3. The van der Waals surface area contributed by atoms with Gasteiger partial charge in [0, 0.05) is 31.5 Å². The Hall–Kier alpha value is -2.42. The van der Waals surface area contributed by atoms with E-state index in [4.69, 9.17) is 0 Å². The van der Waals surface area contributed by atoms with E-state index in [0.717, 1.165) is 13.0 Å². The summed E-state index contributed by atoms with van der Waals surface area (Å²) in [7, 11) is -2.40. The number of pyridine rings is 1. The number of aryl methyl sites for hydroxylation is 2. The number of anilines is 1. The molecule has 27 heavy (non-hydrogen) atoms. The molecule has 0 aliphatic carbocycles. The minimum absolute atomic E-state index is 0.0149. The van der Waals surface area contributed by atoms with Crippen LogP contribution in [-0.4, -0.2) is 41.2 Å². The van der Waals surface area contributed by atoms with Crippen LogP contribution in [0, 0.1) is 12.8 Å². The van der Waals surface area contributed by atoms with Crippen molar-refractivity contribution in [3.05, 3.63) is 35.8 Å². The molecule has 0 bridgehead atoms. The SMILES string of the molecule is Cc1nn(C)cc1S(=O)(=O)NC(=O)c1cccnc1N1C[C@@H](C)CC1(C)C. The molecule has 1 fully saturated rings. The summed E-state index contributed by atoms with van der Waals surface area (Å²) in [5, 5.41) is 4.03. The van der Waals surface area contributed by atoms with E-state index in [9.17, 15) is 13.2 Å². The van der Waals surface area contributed by atoms with E-state index in [0.29, 0.717) is 17.4 Å². The van der Waals surface area contributed by atoms with Gasteiger partial charge in [-0.25, -0.2) is 18.1 Å². The van der Waals surface area contributed by atoms with Crippen molar-refractivity contribution in [3.63, 3.8) is 0 Å². The highest BCUT2D eigenvalue weighted by Crippen LogP contribution is 2.37. The molecule has 0 saturated carbocycles. The summed E-state index contributed by atoms with van der Waals surface area (Å²) in [5.74, 6) is 0.263. The van der Waals surface area contributed by atoms with Crippen LogP contribution in [0.1, 0.15) is 43.2 Å². The Labute approximate surface area is 159 Å². The van der Waals surface area contributed by atoms with Crippen LogP contribution < -0.4 is 9.62 Å². The summed E-state index contributed by atoms with van der Waals surface area (Å²) in [6.07, 6.45) is 3.96. The molecule has 1 saturated heterocycles. The van der Waals surface area contributed by atoms with Gasteiger partial charge >= 0.3 is 0 Å². The molecular formula is C18H25N5O3S. The summed E-state index contributed by atoms with van der Waals surface area (Å²) >= 11 is 0. The maximum atomic E-state index is 12.8. The quantitative estimate of drug-likeness (QED) is 0.854. The number of hydrogen-bond donors (Lipinski definition) is 1. The van der Waals surface area contributed by atoms with Crippen LogP contribution in [0.25, 0.3) is 0 Å². The fourth-order valence-corrected chi connectivity index (χ4v) is 5.01. The molecule has 0 radical (unpaired) electrons. The number of hydrogen-bond acceptors (Lipinski definition) is 6. The molecule has 1 aliphatic heterocycles. The molecule has 146 valence electrons. The lowest BCUT2D eigenvalue weighted by Gasteiger charge is -2.33. The van der Waals surface area contributed by atoms with Gasteiger partial charge < -0.3 is 4.90 Å². The zero-order valence-electron chi connectivity index (χ0n) is 16.2. The van der Waals surface area contributed by atoms with Crippen LogP contribution >= 0.6 is 0 Å². The van der Waals surface area contributed by atoms with E-state index in [1.165, 1.54) is 10.9 Å². The lowest BCUT2D eigenvalue weighted by Crippen LogP contribution is -2.41. The minimum Gasteiger partial charge on any atom is -0.351 e. The molecule has 1 aliphatic rings. The monoisotopic (exact) mass is 391 g/mol. The van der Waals surface area contributed by atoms with Crippen molar-refractivity contribution >= 4 is 21.7 Å². The second-order valence-corrected chi connectivity index (χ2v) is 9.44. The normalized spacial score (nSPS) is 19.3. The van der Waals surface area contributed by atoms with Crippen molar-refractivity contribution in [2.24, 2.45) is 13.0 Å². The molecule has 3 heterocycles. The number of carbonyl (C=O) groups excluding carboxylic acids is 1. The van der Waals surface area contributed by atoms with Crippen molar-refractivity contribution in [2.45, 2.75) is 44.6 Å². The first-order valence-electron chi connectivity index (χ1n) is 8.81. The van der Waals surface area contributed by atoms with E-state index in [2.05, 4.69) is 40.5 Å². The van der Waals surface area contributed by atoms with E-state index in [1.54, 1.807) is 32.3 Å². The molecular weight excluding hydrogens is 366 g/mol. The summed E-state index contributed by atoms with van der Waals surface area (Å²) in [6, 6.07) is 3.23. The van der Waals surface area contributed by atoms with Crippen molar-refractivity contribution in [3.8, 4) is 0 Å². The molecule has 2 aromatic rings. The zero-order chi connectivity index (χ0) is 20.0. The fraction of sp³-hybridized carbons (Fsp3) is 0.500. The first-order chi connectivity index (χ1) is 12.5. The Morgan fingerprint density at radius 3 is 2.63 bits per heavy atom. The number of sulfonamides is 1. The van der Waals surface area contributed by atoms with Crippen LogP contribution in [0.2, 0.25) is 0 Å². The van der Waals surface area contributed by atoms with Gasteiger partial charge in [0.25, 0.3) is 15.9 Å². The Bertz CT molecular complexity index is 981. The van der Waals surface area contributed by atoms with Gasteiger partial charge in [-0.05, 0) is 45.2 Å². The smallest absolute Gasteiger partial charge is 0.268 e. The number of amides is 1. The van der Waals surface area contributed by atoms with Gasteiger partial charge in [0.2, 0.25) is 0 Å². The molecule has 0 aromatic carbocycles. The third kappa shape index (κ3) is 3.69. The van der Waals surface area contributed by atoms with Gasteiger partial charge in [-0.2, -0.15) is 5.10 Å². The van der Waals surface area contributed by atoms with Gasteiger partial charge in [-0.3, -0.25) is 9.48 Å². The molecule has 1 N–H and O–H groups in total. The minimum atomic E-state index is -4.03. The summed E-state index contributed by atoms with van der Waals surface area (Å²) in [6.45, 7) is 8.70. The van der Waals surface area contributed by atoms with Crippen molar-refractivity contribution < 1.29 is 13.2 Å². The summed E-state index contributed by atoms with van der Waals surface area (Å²) < 4.78 is 28.8. The number of rotatable bonds is 4. The van der Waals surface area contributed by atoms with E-state index < -0.39 is 15.9 Å². The molecule has 8 nitrogen and oxygen atoms in total.